The largest absolute Gasteiger partial charge is 0.440 e. The minimum atomic E-state index is 0. The highest BCUT2D eigenvalue weighted by atomic mass is 35.5. The van der Waals surface area contributed by atoms with Crippen LogP contribution in [0.25, 0.3) is 0 Å². The van der Waals surface area contributed by atoms with Gasteiger partial charge in [-0.3, -0.25) is 0 Å². The molecule has 1 aromatic heterocycles. The van der Waals surface area contributed by atoms with Crippen LogP contribution in [0.2, 0.25) is 0 Å². The summed E-state index contributed by atoms with van der Waals surface area (Å²) in [6, 6.07) is 0. The van der Waals surface area contributed by atoms with Crippen molar-refractivity contribution in [3.8, 4) is 0 Å². The lowest BCUT2D eigenvalue weighted by molar-refractivity contribution is 0.454. The van der Waals surface area contributed by atoms with E-state index >= 15 is 0 Å². The monoisotopic (exact) mass is 208 g/mol. The van der Waals surface area contributed by atoms with E-state index in [1.54, 1.807) is 6.26 Å². The van der Waals surface area contributed by atoms with E-state index in [-0.39, 0.29) is 12.4 Å². The minimum absolute atomic E-state index is 0. The number of aryl methyl sites for hydroxylation is 1. The highest BCUT2D eigenvalue weighted by Gasteiger charge is 2.00. The molecule has 12 heavy (non-hydrogen) atoms. The first kappa shape index (κ1) is 11.8. The predicted octanol–water partition coefficient (Wildman–Crippen LogP) is 1.71. The van der Waals surface area contributed by atoms with E-state index < -0.39 is 0 Å². The molecule has 5 heteroatoms. The van der Waals surface area contributed by atoms with Crippen molar-refractivity contribution < 1.29 is 4.42 Å². The van der Waals surface area contributed by atoms with Crippen molar-refractivity contribution in [2.45, 2.75) is 18.1 Å². The Balaban J connectivity index is 0.00000121. The Morgan fingerprint density at radius 2 is 2.42 bits per heavy atom. The Morgan fingerprint density at radius 3 is 2.92 bits per heavy atom. The molecular weight excluding hydrogens is 196 g/mol. The first-order valence-corrected chi connectivity index (χ1v) is 4.77. The summed E-state index contributed by atoms with van der Waals surface area (Å²) in [5.41, 5.74) is 6.35. The van der Waals surface area contributed by atoms with Gasteiger partial charge in [0.2, 0.25) is 0 Å². The molecule has 0 unspecified atom stereocenters. The third-order valence-electron chi connectivity index (χ3n) is 1.34. The van der Waals surface area contributed by atoms with Crippen LogP contribution >= 0.6 is 24.2 Å². The van der Waals surface area contributed by atoms with Gasteiger partial charge in [-0.1, -0.05) is 11.8 Å². The number of rotatable bonds is 4. The standard InChI is InChI=1S/C7H12N2OS.ClH/c1-11-7-9-6(5-10-7)3-2-4-8;/h5H,2-4,8H2,1H3;1H. The second kappa shape index (κ2) is 6.34. The molecule has 0 spiro atoms. The number of aromatic nitrogens is 1. The zero-order valence-electron chi connectivity index (χ0n) is 6.95. The maximum Gasteiger partial charge on any atom is 0.255 e. The Bertz CT molecular complexity index is 217. The Morgan fingerprint density at radius 1 is 1.67 bits per heavy atom. The highest BCUT2D eigenvalue weighted by molar-refractivity contribution is 7.98. The first-order valence-electron chi connectivity index (χ1n) is 3.55. The molecule has 2 N–H and O–H groups in total. The van der Waals surface area contributed by atoms with E-state index in [4.69, 9.17) is 10.2 Å². The van der Waals surface area contributed by atoms with Crippen LogP contribution in [-0.2, 0) is 6.42 Å². The molecule has 0 atom stereocenters. The number of hydrogen-bond acceptors (Lipinski definition) is 4. The zero-order valence-corrected chi connectivity index (χ0v) is 8.58. The maximum absolute atomic E-state index is 5.35. The Kier molecular flexibility index (Phi) is 6.24. The minimum Gasteiger partial charge on any atom is -0.440 e. The van der Waals surface area contributed by atoms with Crippen molar-refractivity contribution in [2.24, 2.45) is 5.73 Å². The second-order valence-electron chi connectivity index (χ2n) is 2.20. The van der Waals surface area contributed by atoms with Crippen LogP contribution in [0.15, 0.2) is 15.9 Å². The van der Waals surface area contributed by atoms with Crippen molar-refractivity contribution in [1.82, 2.24) is 4.98 Å². The molecule has 0 bridgehead atoms. The molecule has 1 rings (SSSR count). The molecule has 0 aliphatic heterocycles. The smallest absolute Gasteiger partial charge is 0.255 e. The molecule has 0 saturated carbocycles. The van der Waals surface area contributed by atoms with Gasteiger partial charge in [0, 0.05) is 0 Å². The van der Waals surface area contributed by atoms with Gasteiger partial charge in [-0.25, -0.2) is 4.98 Å². The van der Waals surface area contributed by atoms with Gasteiger partial charge in [0.25, 0.3) is 5.22 Å². The molecule has 0 aliphatic carbocycles. The Hall–Kier alpha value is -0.190. The van der Waals surface area contributed by atoms with Crippen LogP contribution < -0.4 is 5.73 Å². The number of nitrogens with two attached hydrogens (primary N) is 1. The van der Waals surface area contributed by atoms with Crippen molar-refractivity contribution >= 4 is 24.2 Å². The summed E-state index contributed by atoms with van der Waals surface area (Å²) in [6.45, 7) is 0.710. The van der Waals surface area contributed by atoms with Gasteiger partial charge in [-0.05, 0) is 25.6 Å². The quantitative estimate of drug-likeness (QED) is 0.766. The SMILES string of the molecule is CSc1nc(CCCN)co1.Cl. The summed E-state index contributed by atoms with van der Waals surface area (Å²) in [5, 5.41) is 0.733. The molecule has 0 aliphatic rings. The van der Waals surface area contributed by atoms with Crippen molar-refractivity contribution in [3.63, 3.8) is 0 Å². The second-order valence-corrected chi connectivity index (χ2v) is 2.96. The van der Waals surface area contributed by atoms with Gasteiger partial charge >= 0.3 is 0 Å². The molecular formula is C7H13ClN2OS. The topological polar surface area (TPSA) is 52.0 Å². The maximum atomic E-state index is 5.35. The predicted molar refractivity (Wildman–Crippen MR) is 52.9 cm³/mol. The highest BCUT2D eigenvalue weighted by Crippen LogP contribution is 2.13. The average molecular weight is 209 g/mol. The fraction of sp³-hybridized carbons (Fsp3) is 0.571. The lowest BCUT2D eigenvalue weighted by Crippen LogP contribution is -2.00. The zero-order chi connectivity index (χ0) is 8.10. The fourth-order valence-electron chi connectivity index (χ4n) is 0.780. The van der Waals surface area contributed by atoms with Crippen LogP contribution in [0.4, 0.5) is 0 Å². The summed E-state index contributed by atoms with van der Waals surface area (Å²) >= 11 is 1.51. The van der Waals surface area contributed by atoms with E-state index in [1.165, 1.54) is 11.8 Å². The fourth-order valence-corrected chi connectivity index (χ4v) is 1.13. The van der Waals surface area contributed by atoms with E-state index in [2.05, 4.69) is 4.98 Å². The normalized spacial score (nSPS) is 9.50. The van der Waals surface area contributed by atoms with Crippen LogP contribution in [0.5, 0.6) is 0 Å². The third-order valence-corrected chi connectivity index (χ3v) is 1.88. The molecule has 0 fully saturated rings. The van der Waals surface area contributed by atoms with E-state index in [9.17, 15) is 0 Å². The van der Waals surface area contributed by atoms with Gasteiger partial charge < -0.3 is 10.2 Å². The first-order chi connectivity index (χ1) is 5.36. The van der Waals surface area contributed by atoms with E-state index in [1.807, 2.05) is 6.26 Å². The van der Waals surface area contributed by atoms with Crippen LogP contribution in [0.1, 0.15) is 12.1 Å². The van der Waals surface area contributed by atoms with Crippen molar-refractivity contribution in [3.05, 3.63) is 12.0 Å². The molecule has 3 nitrogen and oxygen atoms in total. The van der Waals surface area contributed by atoms with Gasteiger partial charge in [0.15, 0.2) is 0 Å². The summed E-state index contributed by atoms with van der Waals surface area (Å²) in [6.07, 6.45) is 5.53. The van der Waals surface area contributed by atoms with E-state index in [0.717, 1.165) is 23.8 Å². The van der Waals surface area contributed by atoms with Gasteiger partial charge in [-0.15, -0.1) is 12.4 Å². The van der Waals surface area contributed by atoms with Crippen LogP contribution in [0.3, 0.4) is 0 Å². The number of halogens is 1. The molecule has 0 amide bonds. The summed E-state index contributed by atoms with van der Waals surface area (Å²) in [7, 11) is 0. The van der Waals surface area contributed by atoms with Gasteiger partial charge in [-0.2, -0.15) is 0 Å². The molecule has 1 heterocycles. The van der Waals surface area contributed by atoms with Crippen molar-refractivity contribution in [1.29, 1.82) is 0 Å². The molecule has 0 aromatic carbocycles. The third kappa shape index (κ3) is 3.47. The summed E-state index contributed by atoms with van der Waals surface area (Å²) < 4.78 is 5.12. The van der Waals surface area contributed by atoms with Crippen LogP contribution in [0, 0.1) is 0 Å². The van der Waals surface area contributed by atoms with E-state index in [0.29, 0.717) is 6.54 Å². The van der Waals surface area contributed by atoms with Crippen LogP contribution in [-0.4, -0.2) is 17.8 Å². The number of nitrogens with zero attached hydrogens (tertiary/aromatic N) is 1. The molecule has 70 valence electrons. The number of oxazole rings is 1. The Labute approximate surface area is 82.5 Å². The van der Waals surface area contributed by atoms with Crippen molar-refractivity contribution in [2.75, 3.05) is 12.8 Å². The molecule has 0 radical (unpaired) electrons. The van der Waals surface area contributed by atoms with Gasteiger partial charge in [0.05, 0.1) is 5.69 Å². The van der Waals surface area contributed by atoms with Gasteiger partial charge in [0.1, 0.15) is 6.26 Å². The lowest BCUT2D eigenvalue weighted by Gasteiger charge is -1.89. The lowest BCUT2D eigenvalue weighted by atomic mass is 10.2. The summed E-state index contributed by atoms with van der Waals surface area (Å²) in [4.78, 5) is 4.21. The number of hydrogen-bond donors (Lipinski definition) is 1. The average Bonchev–Trinajstić information content (AvgIpc) is 2.48. The number of thioether (sulfide) groups is 1. The summed E-state index contributed by atoms with van der Waals surface area (Å²) in [5.74, 6) is 0. The molecule has 0 saturated heterocycles. The molecule has 1 aromatic rings.